The van der Waals surface area contributed by atoms with Crippen molar-refractivity contribution >= 4 is 5.97 Å². The fourth-order valence-electron chi connectivity index (χ4n) is 4.25. The summed E-state index contributed by atoms with van der Waals surface area (Å²) < 4.78 is 17.5. The zero-order chi connectivity index (χ0) is 16.7. The van der Waals surface area contributed by atoms with Crippen molar-refractivity contribution in [1.82, 2.24) is 0 Å². The van der Waals surface area contributed by atoms with Crippen LogP contribution in [0.1, 0.15) is 51.7 Å². The van der Waals surface area contributed by atoms with Gasteiger partial charge < -0.3 is 14.2 Å². The maximum Gasteiger partial charge on any atom is 0.340 e. The molecule has 126 valence electrons. The van der Waals surface area contributed by atoms with Crippen molar-refractivity contribution in [3.63, 3.8) is 0 Å². The Balaban J connectivity index is 1.75. The largest absolute Gasteiger partial charge is 0.460 e. The van der Waals surface area contributed by atoms with Gasteiger partial charge in [-0.05, 0) is 39.2 Å². The minimum atomic E-state index is -0.673. The van der Waals surface area contributed by atoms with Crippen LogP contribution in [0.4, 0.5) is 0 Å². The van der Waals surface area contributed by atoms with E-state index in [1.54, 1.807) is 7.11 Å². The van der Waals surface area contributed by atoms with E-state index >= 15 is 0 Å². The second-order valence-corrected chi connectivity index (χ2v) is 7.51. The SMILES string of the molecule is CO[C@H](C(=O)O[C@H]1C[C@]2(C)CC[C@H]1C(C)(C)O2)c1ccccc1. The average molecular weight is 318 g/mol. The van der Waals surface area contributed by atoms with Crippen molar-refractivity contribution in [3.8, 4) is 0 Å². The summed E-state index contributed by atoms with van der Waals surface area (Å²) in [5.74, 6) is -0.0720. The highest BCUT2D eigenvalue weighted by molar-refractivity contribution is 5.76. The molecule has 4 atom stereocenters. The maximum absolute atomic E-state index is 12.6. The van der Waals surface area contributed by atoms with Crippen LogP contribution in [0.2, 0.25) is 0 Å². The van der Waals surface area contributed by atoms with E-state index in [-0.39, 0.29) is 29.2 Å². The van der Waals surface area contributed by atoms with Gasteiger partial charge in [0.2, 0.25) is 0 Å². The van der Waals surface area contributed by atoms with Crippen LogP contribution in [0.3, 0.4) is 0 Å². The fraction of sp³-hybridized carbons (Fsp3) is 0.632. The number of rotatable bonds is 4. The van der Waals surface area contributed by atoms with Crippen molar-refractivity contribution in [2.75, 3.05) is 7.11 Å². The molecule has 0 spiro atoms. The molecule has 0 amide bonds. The number of fused-ring (bicyclic) bond motifs is 3. The molecule has 1 aliphatic carbocycles. The molecular formula is C19H26O4. The van der Waals surface area contributed by atoms with E-state index in [9.17, 15) is 4.79 Å². The van der Waals surface area contributed by atoms with Crippen LogP contribution < -0.4 is 0 Å². The van der Waals surface area contributed by atoms with Crippen LogP contribution in [-0.4, -0.2) is 30.4 Å². The summed E-state index contributed by atoms with van der Waals surface area (Å²) in [7, 11) is 1.54. The van der Waals surface area contributed by atoms with Crippen molar-refractivity contribution in [1.29, 1.82) is 0 Å². The van der Waals surface area contributed by atoms with Crippen LogP contribution in [-0.2, 0) is 19.0 Å². The summed E-state index contributed by atoms with van der Waals surface area (Å²) >= 11 is 0. The van der Waals surface area contributed by atoms with E-state index < -0.39 is 6.10 Å². The Bertz CT molecular complexity index is 565. The van der Waals surface area contributed by atoms with Gasteiger partial charge in [-0.1, -0.05) is 30.3 Å². The van der Waals surface area contributed by atoms with Crippen LogP contribution in [0.5, 0.6) is 0 Å². The number of hydrogen-bond acceptors (Lipinski definition) is 4. The first-order valence-electron chi connectivity index (χ1n) is 8.33. The van der Waals surface area contributed by atoms with Crippen LogP contribution in [0, 0.1) is 5.92 Å². The molecule has 0 aromatic heterocycles. The second-order valence-electron chi connectivity index (χ2n) is 7.51. The molecule has 3 fully saturated rings. The Labute approximate surface area is 138 Å². The first kappa shape index (κ1) is 16.5. The minimum Gasteiger partial charge on any atom is -0.460 e. The molecule has 2 saturated heterocycles. The summed E-state index contributed by atoms with van der Waals surface area (Å²) in [4.78, 5) is 12.6. The lowest BCUT2D eigenvalue weighted by atomic mass is 9.67. The van der Waals surface area contributed by atoms with Gasteiger partial charge in [0.1, 0.15) is 6.10 Å². The predicted octanol–water partition coefficient (Wildman–Crippen LogP) is 3.65. The summed E-state index contributed by atoms with van der Waals surface area (Å²) in [6, 6.07) is 9.49. The smallest absolute Gasteiger partial charge is 0.340 e. The van der Waals surface area contributed by atoms with Gasteiger partial charge in [-0.25, -0.2) is 4.79 Å². The zero-order valence-electron chi connectivity index (χ0n) is 14.4. The van der Waals surface area contributed by atoms with Crippen molar-refractivity contribution in [2.24, 2.45) is 5.92 Å². The molecule has 4 heteroatoms. The topological polar surface area (TPSA) is 44.8 Å². The quantitative estimate of drug-likeness (QED) is 0.795. The Hall–Kier alpha value is -1.39. The van der Waals surface area contributed by atoms with Crippen molar-refractivity contribution in [3.05, 3.63) is 35.9 Å². The van der Waals surface area contributed by atoms with E-state index in [0.29, 0.717) is 0 Å². The highest BCUT2D eigenvalue weighted by Gasteiger charge is 2.55. The van der Waals surface area contributed by atoms with Crippen LogP contribution >= 0.6 is 0 Å². The Morgan fingerprint density at radius 3 is 2.52 bits per heavy atom. The summed E-state index contributed by atoms with van der Waals surface area (Å²) in [6.07, 6.45) is 2.05. The normalized spacial score (nSPS) is 33.2. The highest BCUT2D eigenvalue weighted by atomic mass is 16.6. The monoisotopic (exact) mass is 318 g/mol. The third-order valence-corrected chi connectivity index (χ3v) is 5.29. The first-order valence-corrected chi connectivity index (χ1v) is 8.33. The maximum atomic E-state index is 12.6. The molecule has 1 aromatic rings. The Morgan fingerprint density at radius 1 is 1.26 bits per heavy atom. The van der Waals surface area contributed by atoms with Gasteiger partial charge in [-0.2, -0.15) is 0 Å². The molecule has 0 radical (unpaired) electrons. The fourth-order valence-corrected chi connectivity index (χ4v) is 4.25. The van der Waals surface area contributed by atoms with Gasteiger partial charge >= 0.3 is 5.97 Å². The number of esters is 1. The van der Waals surface area contributed by atoms with E-state index in [4.69, 9.17) is 14.2 Å². The Kier molecular flexibility index (Phi) is 4.23. The van der Waals surface area contributed by atoms with Crippen LogP contribution in [0.15, 0.2) is 30.3 Å². The minimum absolute atomic E-state index is 0.105. The Morgan fingerprint density at radius 2 is 1.96 bits per heavy atom. The number of methoxy groups -OCH3 is 1. The molecule has 2 bridgehead atoms. The van der Waals surface area contributed by atoms with E-state index in [0.717, 1.165) is 24.8 Å². The van der Waals surface area contributed by atoms with Crippen molar-refractivity contribution in [2.45, 2.75) is 63.4 Å². The van der Waals surface area contributed by atoms with Crippen molar-refractivity contribution < 1.29 is 19.0 Å². The van der Waals surface area contributed by atoms with E-state index in [1.165, 1.54) is 0 Å². The number of hydrogen-bond donors (Lipinski definition) is 0. The number of benzene rings is 1. The molecule has 4 rings (SSSR count). The van der Waals surface area contributed by atoms with E-state index in [2.05, 4.69) is 20.8 Å². The average Bonchev–Trinajstić information content (AvgIpc) is 2.47. The molecule has 3 aliphatic rings. The molecule has 1 aromatic carbocycles. The number of carbonyl (C=O) groups excluding carboxylic acids is 1. The standard InChI is InChI=1S/C19H26O4/c1-18(2)14-10-11-19(3,23-18)12-15(14)22-17(20)16(21-4)13-8-6-5-7-9-13/h5-9,14-16H,10-12H2,1-4H3/t14-,15+,16+,19+/m1/s1. The molecule has 23 heavy (non-hydrogen) atoms. The highest BCUT2D eigenvalue weighted by Crippen LogP contribution is 2.50. The molecule has 4 nitrogen and oxygen atoms in total. The lowest BCUT2D eigenvalue weighted by Crippen LogP contribution is -2.61. The van der Waals surface area contributed by atoms with Gasteiger partial charge in [0.15, 0.2) is 6.10 Å². The van der Waals surface area contributed by atoms with Gasteiger partial charge in [-0.3, -0.25) is 0 Å². The van der Waals surface area contributed by atoms with Gasteiger partial charge in [0.25, 0.3) is 0 Å². The second kappa shape index (κ2) is 5.91. The van der Waals surface area contributed by atoms with Crippen LogP contribution in [0.25, 0.3) is 0 Å². The first-order chi connectivity index (χ1) is 10.8. The molecule has 1 saturated carbocycles. The molecule has 0 N–H and O–H groups in total. The van der Waals surface area contributed by atoms with Gasteiger partial charge in [0.05, 0.1) is 11.2 Å². The summed E-state index contributed by atoms with van der Waals surface area (Å²) in [6.45, 7) is 6.32. The molecular weight excluding hydrogens is 292 g/mol. The third-order valence-electron chi connectivity index (χ3n) is 5.29. The van der Waals surface area contributed by atoms with Gasteiger partial charge in [-0.15, -0.1) is 0 Å². The number of ether oxygens (including phenoxy) is 3. The lowest BCUT2D eigenvalue weighted by Gasteiger charge is -2.56. The van der Waals surface area contributed by atoms with Gasteiger partial charge in [0, 0.05) is 19.4 Å². The molecule has 2 heterocycles. The summed E-state index contributed by atoms with van der Waals surface area (Å²) in [5, 5.41) is 0. The van der Waals surface area contributed by atoms with E-state index in [1.807, 2.05) is 30.3 Å². The molecule has 2 aliphatic heterocycles. The zero-order valence-corrected chi connectivity index (χ0v) is 14.4. The lowest BCUT2D eigenvalue weighted by molar-refractivity contribution is -0.269. The number of carbonyl (C=O) groups is 1. The molecule has 0 unspecified atom stereocenters. The third kappa shape index (κ3) is 3.15. The predicted molar refractivity (Wildman–Crippen MR) is 87.0 cm³/mol. The summed E-state index contributed by atoms with van der Waals surface area (Å²) in [5.41, 5.74) is 0.368.